The van der Waals surface area contributed by atoms with E-state index in [0.717, 1.165) is 12.0 Å². The molecule has 0 aliphatic carbocycles. The largest absolute Gasteiger partial charge is 0.490 e. The van der Waals surface area contributed by atoms with Gasteiger partial charge in [-0.15, -0.1) is 0 Å². The minimum Gasteiger partial charge on any atom is -0.490 e. The summed E-state index contributed by atoms with van der Waals surface area (Å²) in [4.78, 5) is 24.0. The van der Waals surface area contributed by atoms with E-state index in [4.69, 9.17) is 13.9 Å². The molecule has 2 amide bonds. The Morgan fingerprint density at radius 1 is 1.15 bits per heavy atom. The van der Waals surface area contributed by atoms with Crippen LogP contribution in [0.15, 0.2) is 39.4 Å². The van der Waals surface area contributed by atoms with E-state index in [0.29, 0.717) is 29.4 Å². The van der Waals surface area contributed by atoms with Crippen LogP contribution < -0.4 is 20.1 Å². The van der Waals surface area contributed by atoms with Crippen LogP contribution in [-0.2, 0) is 4.79 Å². The highest BCUT2D eigenvalue weighted by Crippen LogP contribution is 2.32. The normalized spacial score (nSPS) is 14.2. The van der Waals surface area contributed by atoms with Crippen LogP contribution in [-0.4, -0.2) is 31.6 Å². The summed E-state index contributed by atoms with van der Waals surface area (Å²) in [5.41, 5.74) is 0.892. The zero-order valence-electron chi connectivity index (χ0n) is 14.2. The van der Waals surface area contributed by atoms with Crippen LogP contribution in [0.25, 0.3) is 0 Å². The number of fused-ring (bicyclic) bond motifs is 1. The number of hydrogen-bond acceptors (Lipinski definition) is 5. The Kier molecular flexibility index (Phi) is 5.82. The van der Waals surface area contributed by atoms with Gasteiger partial charge in [0.2, 0.25) is 5.91 Å². The maximum absolute atomic E-state index is 12.1. The molecule has 0 saturated heterocycles. The lowest BCUT2D eigenvalue weighted by Gasteiger charge is -2.16. The van der Waals surface area contributed by atoms with E-state index in [9.17, 15) is 9.59 Å². The maximum atomic E-state index is 12.1. The lowest BCUT2D eigenvalue weighted by molar-refractivity contribution is -0.120. The summed E-state index contributed by atoms with van der Waals surface area (Å²) in [5, 5.41) is 5.36. The molecule has 8 heteroatoms. The molecule has 3 rings (SSSR count). The van der Waals surface area contributed by atoms with Gasteiger partial charge in [-0.3, -0.25) is 9.59 Å². The van der Waals surface area contributed by atoms with Gasteiger partial charge in [-0.2, -0.15) is 0 Å². The van der Waals surface area contributed by atoms with E-state index in [1.165, 1.54) is 6.07 Å². The van der Waals surface area contributed by atoms with Gasteiger partial charge < -0.3 is 24.5 Å². The third kappa shape index (κ3) is 4.57. The molecule has 7 nitrogen and oxygen atoms in total. The molecule has 2 heterocycles. The monoisotopic (exact) mass is 422 g/mol. The van der Waals surface area contributed by atoms with Crippen molar-refractivity contribution in [2.75, 3.05) is 19.8 Å². The van der Waals surface area contributed by atoms with Gasteiger partial charge in [-0.25, -0.2) is 0 Å². The van der Waals surface area contributed by atoms with Crippen LogP contribution in [0.1, 0.15) is 35.5 Å². The first-order chi connectivity index (χ1) is 12.5. The fraction of sp³-hybridized carbons (Fsp3) is 0.333. The number of carbonyl (C=O) groups excluding carboxylic acids is 2. The molecule has 26 heavy (non-hydrogen) atoms. The quantitative estimate of drug-likeness (QED) is 0.772. The van der Waals surface area contributed by atoms with Crippen LogP contribution in [0.5, 0.6) is 11.5 Å². The van der Waals surface area contributed by atoms with Crippen molar-refractivity contribution in [1.82, 2.24) is 10.6 Å². The summed E-state index contributed by atoms with van der Waals surface area (Å²) in [6.07, 6.45) is 0.836. The van der Waals surface area contributed by atoms with E-state index < -0.39 is 5.91 Å². The zero-order valence-corrected chi connectivity index (χ0v) is 15.8. The highest BCUT2D eigenvalue weighted by atomic mass is 79.9. The van der Waals surface area contributed by atoms with Crippen molar-refractivity contribution in [3.63, 3.8) is 0 Å². The summed E-state index contributed by atoms with van der Waals surface area (Å²) in [5.74, 6) is 0.776. The minimum absolute atomic E-state index is 0.139. The Morgan fingerprint density at radius 3 is 2.65 bits per heavy atom. The summed E-state index contributed by atoms with van der Waals surface area (Å²) in [7, 11) is 0. The standard InChI is InChI=1S/C18H19BrN2O5/c1-11(12-3-4-13-15(9-12)25-8-2-7-24-13)21-17(22)10-20-18(23)14-5-6-16(19)26-14/h3-6,9,11H,2,7-8,10H2,1H3,(H,20,23)(H,21,22). The first kappa shape index (κ1) is 18.3. The zero-order chi connectivity index (χ0) is 18.5. The fourth-order valence-electron chi connectivity index (χ4n) is 2.51. The maximum Gasteiger partial charge on any atom is 0.287 e. The predicted molar refractivity (Wildman–Crippen MR) is 97.3 cm³/mol. The average Bonchev–Trinajstić information content (AvgIpc) is 2.92. The third-order valence-corrected chi connectivity index (χ3v) is 4.28. The lowest BCUT2D eigenvalue weighted by Crippen LogP contribution is -2.37. The second-order valence-electron chi connectivity index (χ2n) is 5.83. The molecule has 138 valence electrons. The molecular formula is C18H19BrN2O5. The number of nitrogens with one attached hydrogen (secondary N) is 2. The van der Waals surface area contributed by atoms with E-state index in [2.05, 4.69) is 26.6 Å². The van der Waals surface area contributed by atoms with Crippen LogP contribution >= 0.6 is 15.9 Å². The van der Waals surface area contributed by atoms with Gasteiger partial charge in [0.15, 0.2) is 21.9 Å². The number of halogens is 1. The van der Waals surface area contributed by atoms with E-state index >= 15 is 0 Å². The first-order valence-electron chi connectivity index (χ1n) is 8.25. The Morgan fingerprint density at radius 2 is 1.92 bits per heavy atom. The van der Waals surface area contributed by atoms with Gasteiger partial charge in [-0.1, -0.05) is 6.07 Å². The molecule has 0 saturated carbocycles. The van der Waals surface area contributed by atoms with Crippen molar-refractivity contribution in [2.45, 2.75) is 19.4 Å². The number of furan rings is 1. The van der Waals surface area contributed by atoms with Gasteiger partial charge >= 0.3 is 0 Å². The molecule has 0 bridgehead atoms. The summed E-state index contributed by atoms with van der Waals surface area (Å²) < 4.78 is 16.9. The molecule has 1 aromatic carbocycles. The van der Waals surface area contributed by atoms with Crippen molar-refractivity contribution in [3.8, 4) is 11.5 Å². The Labute approximate surface area is 159 Å². The molecule has 1 atom stereocenters. The molecule has 1 aliphatic rings. The highest BCUT2D eigenvalue weighted by molar-refractivity contribution is 9.10. The Hall–Kier alpha value is -2.48. The van der Waals surface area contributed by atoms with Crippen LogP contribution in [0.3, 0.4) is 0 Å². The van der Waals surface area contributed by atoms with Gasteiger partial charge in [0.05, 0.1) is 25.8 Å². The number of carbonyl (C=O) groups is 2. The van der Waals surface area contributed by atoms with Crippen LogP contribution in [0, 0.1) is 0 Å². The molecular weight excluding hydrogens is 404 g/mol. The summed E-state index contributed by atoms with van der Waals surface area (Å²) in [6.45, 7) is 2.95. The molecule has 0 fully saturated rings. The number of rotatable bonds is 5. The number of amides is 2. The molecule has 1 unspecified atom stereocenters. The van der Waals surface area contributed by atoms with Gasteiger partial charge in [0.25, 0.3) is 5.91 Å². The Balaban J connectivity index is 1.54. The van der Waals surface area contributed by atoms with E-state index in [1.807, 2.05) is 25.1 Å². The van der Waals surface area contributed by atoms with E-state index in [1.54, 1.807) is 6.07 Å². The molecule has 2 N–H and O–H groups in total. The molecule has 1 aromatic heterocycles. The van der Waals surface area contributed by atoms with Crippen molar-refractivity contribution in [2.24, 2.45) is 0 Å². The van der Waals surface area contributed by atoms with Gasteiger partial charge in [0.1, 0.15) is 0 Å². The summed E-state index contributed by atoms with van der Waals surface area (Å²) in [6, 6.07) is 8.49. The van der Waals surface area contributed by atoms with E-state index in [-0.39, 0.29) is 24.3 Å². The van der Waals surface area contributed by atoms with Crippen molar-refractivity contribution >= 4 is 27.7 Å². The van der Waals surface area contributed by atoms with Crippen molar-refractivity contribution in [3.05, 3.63) is 46.3 Å². The van der Waals surface area contributed by atoms with Gasteiger partial charge in [-0.05, 0) is 52.7 Å². The summed E-state index contributed by atoms with van der Waals surface area (Å²) >= 11 is 3.12. The number of benzene rings is 1. The SMILES string of the molecule is CC(NC(=O)CNC(=O)c1ccc(Br)o1)c1ccc2c(c1)OCCCO2. The van der Waals surface area contributed by atoms with Crippen LogP contribution in [0.4, 0.5) is 0 Å². The first-order valence-corrected chi connectivity index (χ1v) is 9.04. The third-order valence-electron chi connectivity index (χ3n) is 3.86. The molecule has 2 aromatic rings. The van der Waals surface area contributed by atoms with Crippen molar-refractivity contribution < 1.29 is 23.5 Å². The predicted octanol–water partition coefficient (Wildman–Crippen LogP) is 2.81. The number of hydrogen-bond donors (Lipinski definition) is 2. The van der Waals surface area contributed by atoms with Crippen LogP contribution in [0.2, 0.25) is 0 Å². The highest BCUT2D eigenvalue weighted by Gasteiger charge is 2.16. The molecule has 0 radical (unpaired) electrons. The Bertz CT molecular complexity index is 805. The fourth-order valence-corrected chi connectivity index (χ4v) is 2.82. The topological polar surface area (TPSA) is 89.8 Å². The van der Waals surface area contributed by atoms with Crippen molar-refractivity contribution in [1.29, 1.82) is 0 Å². The average molecular weight is 423 g/mol. The molecule has 1 aliphatic heterocycles. The second-order valence-corrected chi connectivity index (χ2v) is 6.61. The minimum atomic E-state index is -0.450. The number of ether oxygens (including phenoxy) is 2. The smallest absolute Gasteiger partial charge is 0.287 e. The lowest BCUT2D eigenvalue weighted by atomic mass is 10.1. The second kappa shape index (κ2) is 8.27. The van der Waals surface area contributed by atoms with Gasteiger partial charge in [0, 0.05) is 6.42 Å². The molecule has 0 spiro atoms.